The van der Waals surface area contributed by atoms with E-state index in [-0.39, 0.29) is 17.7 Å². The monoisotopic (exact) mass is 562 g/mol. The number of ketones is 1. The van der Waals surface area contributed by atoms with Gasteiger partial charge in [0.25, 0.3) is 0 Å². The number of hydrogen-bond acceptors (Lipinski definition) is 6. The standard InChI is InChI=1S/C30H31BrN2O4/c1-4-13-37-20-11-9-18(10-12-20)19-14-25-29(26(34)15-19)30(33-24-8-6-5-7-23(24)32-25)21-16-27(35-2)28(36-3)17-22(21)31/h5-12,16-17,19,30,32-33H,4,13-15H2,1-3H3. The number of nitrogens with one attached hydrogen (secondary N) is 2. The van der Waals surface area contributed by atoms with Gasteiger partial charge in [0, 0.05) is 22.2 Å². The van der Waals surface area contributed by atoms with Crippen LogP contribution >= 0.6 is 15.9 Å². The van der Waals surface area contributed by atoms with Crippen LogP contribution < -0.4 is 24.8 Å². The number of carbonyl (C=O) groups excluding carboxylic acids is 1. The second kappa shape index (κ2) is 10.9. The Morgan fingerprint density at radius 1 is 0.946 bits per heavy atom. The van der Waals surface area contributed by atoms with Crippen molar-refractivity contribution >= 4 is 33.1 Å². The highest BCUT2D eigenvalue weighted by Gasteiger charge is 2.37. The minimum absolute atomic E-state index is 0.0822. The van der Waals surface area contributed by atoms with E-state index in [0.29, 0.717) is 24.5 Å². The van der Waals surface area contributed by atoms with E-state index >= 15 is 0 Å². The lowest BCUT2D eigenvalue weighted by Crippen LogP contribution is -2.27. The van der Waals surface area contributed by atoms with Gasteiger partial charge in [-0.3, -0.25) is 4.79 Å². The number of anilines is 2. The lowest BCUT2D eigenvalue weighted by atomic mass is 9.78. The number of methoxy groups -OCH3 is 2. The Kier molecular flexibility index (Phi) is 7.42. The van der Waals surface area contributed by atoms with Crippen molar-refractivity contribution in [2.75, 3.05) is 31.5 Å². The number of fused-ring (bicyclic) bond motifs is 1. The summed E-state index contributed by atoms with van der Waals surface area (Å²) in [7, 11) is 3.23. The molecule has 2 atom stereocenters. The predicted octanol–water partition coefficient (Wildman–Crippen LogP) is 7.23. The third kappa shape index (κ3) is 5.05. The van der Waals surface area contributed by atoms with Gasteiger partial charge in [0.1, 0.15) is 5.75 Å². The number of Topliss-reactive ketones (excluding diaryl/α,β-unsaturated/α-hetero) is 1. The molecule has 2 aliphatic rings. The van der Waals surface area contributed by atoms with Crippen molar-refractivity contribution in [1.29, 1.82) is 0 Å². The SMILES string of the molecule is CCCOc1ccc(C2CC(=O)C3=C(C2)Nc2ccccc2NC3c2cc(OC)c(OC)cc2Br)cc1. The van der Waals surface area contributed by atoms with Crippen molar-refractivity contribution in [2.24, 2.45) is 0 Å². The van der Waals surface area contributed by atoms with Crippen LogP contribution in [0.4, 0.5) is 11.4 Å². The van der Waals surface area contributed by atoms with E-state index in [4.69, 9.17) is 14.2 Å². The fourth-order valence-corrected chi connectivity index (χ4v) is 5.66. The molecule has 6 nitrogen and oxygen atoms in total. The topological polar surface area (TPSA) is 68.8 Å². The molecule has 0 radical (unpaired) electrons. The van der Waals surface area contributed by atoms with Gasteiger partial charge in [-0.25, -0.2) is 0 Å². The Hall–Kier alpha value is -3.45. The summed E-state index contributed by atoms with van der Waals surface area (Å²) in [6.45, 7) is 2.79. The third-order valence-electron chi connectivity index (χ3n) is 6.95. The molecule has 2 unspecified atom stereocenters. The summed E-state index contributed by atoms with van der Waals surface area (Å²) >= 11 is 3.72. The van der Waals surface area contributed by atoms with E-state index in [0.717, 1.165) is 56.8 Å². The summed E-state index contributed by atoms with van der Waals surface area (Å²) in [6, 6.07) is 19.7. The van der Waals surface area contributed by atoms with Crippen LogP contribution in [0.1, 0.15) is 49.3 Å². The van der Waals surface area contributed by atoms with E-state index in [9.17, 15) is 4.79 Å². The van der Waals surface area contributed by atoms with Crippen LogP contribution in [0.3, 0.4) is 0 Å². The first-order chi connectivity index (χ1) is 18.0. The molecule has 0 bridgehead atoms. The van der Waals surface area contributed by atoms with E-state index < -0.39 is 0 Å². The molecule has 1 aliphatic heterocycles. The normalized spacial score (nSPS) is 18.6. The highest BCUT2D eigenvalue weighted by molar-refractivity contribution is 9.10. The number of rotatable bonds is 7. The summed E-state index contributed by atoms with van der Waals surface area (Å²) in [5.41, 5.74) is 5.63. The molecule has 192 valence electrons. The zero-order chi connectivity index (χ0) is 25.9. The summed E-state index contributed by atoms with van der Waals surface area (Å²) in [5, 5.41) is 7.23. The molecule has 2 N–H and O–H groups in total. The van der Waals surface area contributed by atoms with Gasteiger partial charge in [0.15, 0.2) is 17.3 Å². The van der Waals surface area contributed by atoms with Crippen molar-refractivity contribution in [3.05, 3.63) is 87.5 Å². The summed E-state index contributed by atoms with van der Waals surface area (Å²) in [6.07, 6.45) is 2.14. The van der Waals surface area contributed by atoms with Crippen LogP contribution in [-0.4, -0.2) is 26.6 Å². The number of para-hydroxylation sites is 2. The number of benzene rings is 3. The summed E-state index contributed by atoms with van der Waals surface area (Å²) in [5.74, 6) is 2.30. The molecule has 3 aromatic carbocycles. The molecule has 5 rings (SSSR count). The molecule has 0 saturated carbocycles. The fourth-order valence-electron chi connectivity index (χ4n) is 5.11. The largest absolute Gasteiger partial charge is 0.494 e. The number of carbonyl (C=O) groups is 1. The third-order valence-corrected chi connectivity index (χ3v) is 7.63. The summed E-state index contributed by atoms with van der Waals surface area (Å²) in [4.78, 5) is 13.9. The number of hydrogen-bond donors (Lipinski definition) is 2. The van der Waals surface area contributed by atoms with Gasteiger partial charge in [-0.2, -0.15) is 0 Å². The van der Waals surface area contributed by atoms with Crippen molar-refractivity contribution < 1.29 is 19.0 Å². The molecule has 1 heterocycles. The molecule has 1 aliphatic carbocycles. The first-order valence-electron chi connectivity index (χ1n) is 12.5. The second-order valence-electron chi connectivity index (χ2n) is 9.31. The fraction of sp³-hybridized carbons (Fsp3) is 0.300. The molecule has 0 spiro atoms. The molecule has 3 aromatic rings. The zero-order valence-corrected chi connectivity index (χ0v) is 22.9. The Morgan fingerprint density at radius 3 is 2.35 bits per heavy atom. The smallest absolute Gasteiger partial charge is 0.163 e. The first kappa shape index (κ1) is 25.2. The van der Waals surface area contributed by atoms with Crippen LogP contribution in [0.5, 0.6) is 17.2 Å². The van der Waals surface area contributed by atoms with Gasteiger partial charge in [0.05, 0.1) is 38.2 Å². The number of allylic oxidation sites excluding steroid dienone is 1. The van der Waals surface area contributed by atoms with Gasteiger partial charge < -0.3 is 24.8 Å². The Bertz CT molecular complexity index is 1340. The van der Waals surface area contributed by atoms with E-state index in [1.807, 2.05) is 48.5 Å². The van der Waals surface area contributed by atoms with Crippen LogP contribution in [0.25, 0.3) is 0 Å². The number of halogens is 1. The van der Waals surface area contributed by atoms with Crippen molar-refractivity contribution in [3.63, 3.8) is 0 Å². The van der Waals surface area contributed by atoms with Gasteiger partial charge in [-0.1, -0.05) is 47.1 Å². The Morgan fingerprint density at radius 2 is 1.65 bits per heavy atom. The Labute approximate surface area is 226 Å². The lowest BCUT2D eigenvalue weighted by molar-refractivity contribution is -0.116. The van der Waals surface area contributed by atoms with Crippen molar-refractivity contribution in [2.45, 2.75) is 38.1 Å². The Balaban J connectivity index is 1.56. The number of ether oxygens (including phenoxy) is 3. The van der Waals surface area contributed by atoms with E-state index in [1.165, 1.54) is 0 Å². The predicted molar refractivity (Wildman–Crippen MR) is 150 cm³/mol. The van der Waals surface area contributed by atoms with Crippen LogP contribution in [-0.2, 0) is 4.79 Å². The molecular weight excluding hydrogens is 532 g/mol. The highest BCUT2D eigenvalue weighted by atomic mass is 79.9. The van der Waals surface area contributed by atoms with Crippen LogP contribution in [0.15, 0.2) is 76.4 Å². The van der Waals surface area contributed by atoms with Gasteiger partial charge >= 0.3 is 0 Å². The maximum Gasteiger partial charge on any atom is 0.163 e. The zero-order valence-electron chi connectivity index (χ0n) is 21.3. The lowest BCUT2D eigenvalue weighted by Gasteiger charge is -2.30. The quantitative estimate of drug-likeness (QED) is 0.316. The maximum atomic E-state index is 13.9. The average molecular weight is 563 g/mol. The molecule has 37 heavy (non-hydrogen) atoms. The van der Waals surface area contributed by atoms with Gasteiger partial charge in [0.2, 0.25) is 0 Å². The van der Waals surface area contributed by atoms with Crippen LogP contribution in [0.2, 0.25) is 0 Å². The highest BCUT2D eigenvalue weighted by Crippen LogP contribution is 2.47. The molecule has 0 amide bonds. The van der Waals surface area contributed by atoms with Gasteiger partial charge in [-0.05, 0) is 66.3 Å². The minimum Gasteiger partial charge on any atom is -0.494 e. The second-order valence-corrected chi connectivity index (χ2v) is 10.2. The first-order valence-corrected chi connectivity index (χ1v) is 13.3. The molecular formula is C30H31BrN2O4. The van der Waals surface area contributed by atoms with E-state index in [2.05, 4.69) is 45.6 Å². The molecule has 0 fully saturated rings. The van der Waals surface area contributed by atoms with E-state index in [1.54, 1.807) is 14.2 Å². The molecule has 0 saturated heterocycles. The molecule has 0 aromatic heterocycles. The van der Waals surface area contributed by atoms with Crippen LogP contribution in [0, 0.1) is 0 Å². The van der Waals surface area contributed by atoms with Crippen molar-refractivity contribution in [3.8, 4) is 17.2 Å². The minimum atomic E-state index is -0.362. The molecule has 7 heteroatoms. The van der Waals surface area contributed by atoms with Gasteiger partial charge in [-0.15, -0.1) is 0 Å². The maximum absolute atomic E-state index is 13.9. The average Bonchev–Trinajstić information content (AvgIpc) is 3.08. The summed E-state index contributed by atoms with van der Waals surface area (Å²) < 4.78 is 17.7. The van der Waals surface area contributed by atoms with Crippen molar-refractivity contribution in [1.82, 2.24) is 0 Å².